The lowest BCUT2D eigenvalue weighted by atomic mass is 9.82. The Morgan fingerprint density at radius 3 is 2.39 bits per heavy atom. The van der Waals surface area contributed by atoms with E-state index in [0.717, 1.165) is 18.4 Å². The molecular formula is C26H31N3O4. The molecule has 2 fully saturated rings. The van der Waals surface area contributed by atoms with Gasteiger partial charge in [-0.1, -0.05) is 30.3 Å². The third kappa shape index (κ3) is 5.18. The third-order valence-corrected chi connectivity index (χ3v) is 6.99. The molecule has 2 heterocycles. The highest BCUT2D eigenvalue weighted by atomic mass is 16.5. The number of primary amides is 1. The summed E-state index contributed by atoms with van der Waals surface area (Å²) in [5.74, 6) is 0.660. The molecule has 174 valence electrons. The number of hydrogen-bond donors (Lipinski definition) is 1. The summed E-state index contributed by atoms with van der Waals surface area (Å²) in [6.07, 6.45) is 2.35. The Kier molecular flexibility index (Phi) is 6.96. The molecule has 0 saturated carbocycles. The zero-order chi connectivity index (χ0) is 23.4. The van der Waals surface area contributed by atoms with Crippen LogP contribution in [0, 0.1) is 11.8 Å². The smallest absolute Gasteiger partial charge is 0.253 e. The van der Waals surface area contributed by atoms with Crippen LogP contribution in [0.5, 0.6) is 5.75 Å². The van der Waals surface area contributed by atoms with Crippen LogP contribution in [-0.2, 0) is 16.0 Å². The van der Waals surface area contributed by atoms with Gasteiger partial charge in [-0.2, -0.15) is 0 Å². The molecule has 2 aliphatic rings. The molecular weight excluding hydrogens is 418 g/mol. The van der Waals surface area contributed by atoms with E-state index in [9.17, 15) is 14.4 Å². The van der Waals surface area contributed by atoms with Gasteiger partial charge < -0.3 is 20.3 Å². The van der Waals surface area contributed by atoms with Crippen molar-refractivity contribution in [1.29, 1.82) is 0 Å². The molecule has 2 aromatic rings. The zero-order valence-corrected chi connectivity index (χ0v) is 19.0. The number of amides is 3. The number of nitrogens with two attached hydrogens (primary N) is 1. The summed E-state index contributed by atoms with van der Waals surface area (Å²) < 4.78 is 5.18. The molecule has 2 saturated heterocycles. The van der Waals surface area contributed by atoms with Crippen LogP contribution in [0.25, 0.3) is 0 Å². The van der Waals surface area contributed by atoms with Crippen LogP contribution in [0.3, 0.4) is 0 Å². The molecule has 7 nitrogen and oxygen atoms in total. The van der Waals surface area contributed by atoms with Gasteiger partial charge in [0.05, 0.1) is 7.11 Å². The second-order valence-corrected chi connectivity index (χ2v) is 8.98. The number of carbonyl (C=O) groups excluding carboxylic acids is 3. The maximum absolute atomic E-state index is 13.1. The lowest BCUT2D eigenvalue weighted by Gasteiger charge is -2.37. The minimum Gasteiger partial charge on any atom is -0.497 e. The molecule has 2 aromatic carbocycles. The van der Waals surface area contributed by atoms with E-state index in [1.165, 1.54) is 0 Å². The van der Waals surface area contributed by atoms with Crippen LogP contribution in [-0.4, -0.2) is 60.3 Å². The number of carbonyl (C=O) groups is 3. The monoisotopic (exact) mass is 449 g/mol. The first-order valence-electron chi connectivity index (χ1n) is 11.5. The molecule has 3 amide bonds. The summed E-state index contributed by atoms with van der Waals surface area (Å²) in [6, 6.07) is 16.1. The van der Waals surface area contributed by atoms with E-state index in [1.54, 1.807) is 36.3 Å². The molecule has 2 aliphatic heterocycles. The summed E-state index contributed by atoms with van der Waals surface area (Å²) in [7, 11) is 1.60. The highest BCUT2D eigenvalue weighted by molar-refractivity contribution is 5.94. The van der Waals surface area contributed by atoms with E-state index in [0.29, 0.717) is 43.8 Å². The lowest BCUT2D eigenvalue weighted by Crippen LogP contribution is -2.49. The Morgan fingerprint density at radius 1 is 1.03 bits per heavy atom. The summed E-state index contributed by atoms with van der Waals surface area (Å²) in [5, 5.41) is 0. The van der Waals surface area contributed by atoms with Crippen LogP contribution in [0.1, 0.15) is 35.2 Å². The normalized spacial score (nSPS) is 21.7. The Labute approximate surface area is 194 Å². The molecule has 7 heteroatoms. The van der Waals surface area contributed by atoms with Gasteiger partial charge in [0.2, 0.25) is 11.8 Å². The van der Waals surface area contributed by atoms with Crippen molar-refractivity contribution < 1.29 is 19.1 Å². The molecule has 33 heavy (non-hydrogen) atoms. The number of likely N-dealkylation sites (tertiary alicyclic amines) is 2. The molecule has 0 aromatic heterocycles. The quantitative estimate of drug-likeness (QED) is 0.733. The van der Waals surface area contributed by atoms with Crippen molar-refractivity contribution in [1.82, 2.24) is 9.80 Å². The number of ether oxygens (including phenoxy) is 1. The van der Waals surface area contributed by atoms with Crippen LogP contribution in [0.15, 0.2) is 54.6 Å². The minimum absolute atomic E-state index is 0.00243. The van der Waals surface area contributed by atoms with E-state index in [1.807, 2.05) is 35.2 Å². The summed E-state index contributed by atoms with van der Waals surface area (Å²) >= 11 is 0. The fourth-order valence-electron chi connectivity index (χ4n) is 5.08. The number of piperidine rings is 1. The molecule has 0 unspecified atom stereocenters. The summed E-state index contributed by atoms with van der Waals surface area (Å²) in [5.41, 5.74) is 7.34. The average Bonchev–Trinajstić information content (AvgIpc) is 3.00. The van der Waals surface area contributed by atoms with Crippen molar-refractivity contribution in [2.45, 2.75) is 31.7 Å². The SMILES string of the molecule is COc1ccc(C(=O)N2CC[C@H]3CC(=O)N([C@@H](Cc4ccccc4)C(N)=O)CC[C@H]3C2)cc1. The number of benzene rings is 2. The maximum Gasteiger partial charge on any atom is 0.253 e. The second kappa shape index (κ2) is 10.1. The topological polar surface area (TPSA) is 92.9 Å². The predicted molar refractivity (Wildman–Crippen MR) is 125 cm³/mol. The molecule has 2 N–H and O–H groups in total. The molecule has 0 bridgehead atoms. The molecule has 0 spiro atoms. The first-order valence-corrected chi connectivity index (χ1v) is 11.5. The molecule has 0 aliphatic carbocycles. The second-order valence-electron chi connectivity index (χ2n) is 8.98. The van der Waals surface area contributed by atoms with E-state index >= 15 is 0 Å². The zero-order valence-electron chi connectivity index (χ0n) is 19.0. The largest absolute Gasteiger partial charge is 0.497 e. The van der Waals surface area contributed by atoms with Gasteiger partial charge in [0.25, 0.3) is 5.91 Å². The van der Waals surface area contributed by atoms with Gasteiger partial charge in [0.1, 0.15) is 11.8 Å². The number of nitrogens with zero attached hydrogens (tertiary/aromatic N) is 2. The van der Waals surface area contributed by atoms with E-state index in [4.69, 9.17) is 10.5 Å². The summed E-state index contributed by atoms with van der Waals surface area (Å²) in [4.78, 5) is 42.0. The van der Waals surface area contributed by atoms with Crippen LogP contribution in [0.4, 0.5) is 0 Å². The molecule has 4 rings (SSSR count). The molecule has 0 radical (unpaired) electrons. The maximum atomic E-state index is 13.1. The first kappa shape index (κ1) is 22.8. The Hall–Kier alpha value is -3.35. The number of hydrogen-bond acceptors (Lipinski definition) is 4. The van der Waals surface area contributed by atoms with Gasteiger partial charge in [0, 0.05) is 38.0 Å². The number of fused-ring (bicyclic) bond motifs is 1. The fourth-order valence-corrected chi connectivity index (χ4v) is 5.08. The van der Waals surface area contributed by atoms with Crippen LogP contribution < -0.4 is 10.5 Å². The average molecular weight is 450 g/mol. The van der Waals surface area contributed by atoms with Gasteiger partial charge in [-0.25, -0.2) is 0 Å². The van der Waals surface area contributed by atoms with Gasteiger partial charge in [-0.05, 0) is 54.5 Å². The Bertz CT molecular complexity index is 992. The summed E-state index contributed by atoms with van der Waals surface area (Å²) in [6.45, 7) is 1.73. The van der Waals surface area contributed by atoms with E-state index in [-0.39, 0.29) is 23.7 Å². The third-order valence-electron chi connectivity index (χ3n) is 6.99. The predicted octanol–water partition coefficient (Wildman–Crippen LogP) is 2.49. The Morgan fingerprint density at radius 2 is 1.73 bits per heavy atom. The van der Waals surface area contributed by atoms with Crippen molar-refractivity contribution in [3.05, 3.63) is 65.7 Å². The fraction of sp³-hybridized carbons (Fsp3) is 0.423. The van der Waals surface area contributed by atoms with Crippen molar-refractivity contribution in [2.24, 2.45) is 17.6 Å². The van der Waals surface area contributed by atoms with Gasteiger partial charge in [-0.15, -0.1) is 0 Å². The van der Waals surface area contributed by atoms with Crippen molar-refractivity contribution in [3.63, 3.8) is 0 Å². The van der Waals surface area contributed by atoms with Gasteiger partial charge in [-0.3, -0.25) is 14.4 Å². The van der Waals surface area contributed by atoms with Crippen molar-refractivity contribution in [2.75, 3.05) is 26.7 Å². The highest BCUT2D eigenvalue weighted by Crippen LogP contribution is 2.34. The van der Waals surface area contributed by atoms with Crippen LogP contribution >= 0.6 is 0 Å². The standard InChI is InChI=1S/C26H31N3O4/c1-33-22-9-7-19(8-10-22)26(32)28-13-11-20-16-24(30)29(14-12-21(20)17-28)23(25(27)31)15-18-5-3-2-4-6-18/h2-10,20-21,23H,11-17H2,1H3,(H2,27,31)/t20-,21-,23-/m0/s1. The van der Waals surface area contributed by atoms with Crippen molar-refractivity contribution in [3.8, 4) is 5.75 Å². The highest BCUT2D eigenvalue weighted by Gasteiger charge is 2.39. The number of rotatable bonds is 6. The van der Waals surface area contributed by atoms with E-state index < -0.39 is 11.9 Å². The van der Waals surface area contributed by atoms with Gasteiger partial charge in [0.15, 0.2) is 0 Å². The Balaban J connectivity index is 1.44. The minimum atomic E-state index is -0.655. The first-order chi connectivity index (χ1) is 16.0. The van der Waals surface area contributed by atoms with Gasteiger partial charge >= 0.3 is 0 Å². The van der Waals surface area contributed by atoms with Crippen molar-refractivity contribution >= 4 is 17.7 Å². The van der Waals surface area contributed by atoms with E-state index in [2.05, 4.69) is 0 Å². The molecule has 3 atom stereocenters. The number of methoxy groups -OCH3 is 1. The lowest BCUT2D eigenvalue weighted by molar-refractivity contribution is -0.139. The van der Waals surface area contributed by atoms with Crippen LogP contribution in [0.2, 0.25) is 0 Å².